The Hall–Kier alpha value is -3.04. The van der Waals surface area contributed by atoms with E-state index in [4.69, 9.17) is 9.47 Å². The van der Waals surface area contributed by atoms with Crippen molar-refractivity contribution in [3.8, 4) is 17.4 Å². The van der Waals surface area contributed by atoms with Crippen molar-refractivity contribution < 1.29 is 17.9 Å². The fourth-order valence-electron chi connectivity index (χ4n) is 2.56. The Morgan fingerprint density at radius 2 is 1.66 bits per heavy atom. The van der Waals surface area contributed by atoms with E-state index in [0.717, 1.165) is 17.8 Å². The smallest absolute Gasteiger partial charge is 0.219 e. The molecule has 0 fully saturated rings. The molecule has 8 nitrogen and oxygen atoms in total. The van der Waals surface area contributed by atoms with E-state index in [1.54, 1.807) is 50.0 Å². The number of aryl methyl sites for hydroxylation is 2. The van der Waals surface area contributed by atoms with Gasteiger partial charge in [-0.1, -0.05) is 12.1 Å². The van der Waals surface area contributed by atoms with Crippen molar-refractivity contribution in [1.29, 1.82) is 0 Å². The summed E-state index contributed by atoms with van der Waals surface area (Å²) in [6.45, 7) is 0. The number of benzene rings is 1. The van der Waals surface area contributed by atoms with Gasteiger partial charge in [0.15, 0.2) is 5.75 Å². The van der Waals surface area contributed by atoms with E-state index in [9.17, 15) is 8.42 Å². The third-order valence-corrected chi connectivity index (χ3v) is 5.50. The maximum absolute atomic E-state index is 11.6. The van der Waals surface area contributed by atoms with E-state index in [1.807, 2.05) is 12.1 Å². The van der Waals surface area contributed by atoms with Crippen LogP contribution in [0.15, 0.2) is 55.0 Å². The zero-order valence-electron chi connectivity index (χ0n) is 16.2. The van der Waals surface area contributed by atoms with Gasteiger partial charge in [0.25, 0.3) is 0 Å². The van der Waals surface area contributed by atoms with Crippen LogP contribution in [0.5, 0.6) is 17.4 Å². The van der Waals surface area contributed by atoms with Crippen LogP contribution < -0.4 is 14.2 Å². The molecule has 0 saturated heterocycles. The number of ether oxygens (including phenoxy) is 2. The van der Waals surface area contributed by atoms with E-state index < -0.39 is 10.0 Å². The molecule has 0 aliphatic carbocycles. The van der Waals surface area contributed by atoms with Crippen LogP contribution in [0.1, 0.15) is 17.0 Å². The first-order valence-electron chi connectivity index (χ1n) is 8.95. The summed E-state index contributed by atoms with van der Waals surface area (Å²) in [6.07, 6.45) is 6.41. The third-order valence-electron chi connectivity index (χ3n) is 4.17. The monoisotopic (exact) mass is 414 g/mol. The molecule has 0 unspecified atom stereocenters. The van der Waals surface area contributed by atoms with Gasteiger partial charge in [0.05, 0.1) is 25.3 Å². The number of hydrogen-bond acceptors (Lipinski definition) is 7. The molecule has 29 heavy (non-hydrogen) atoms. The van der Waals surface area contributed by atoms with Crippen molar-refractivity contribution in [2.45, 2.75) is 18.6 Å². The standard InChI is InChI=1S/C20H22N4O4S/c1-21-29(25,26)14-16-3-6-17(7-4-16)28-20-11-15(9-10-22-20)5-8-19-23-12-18(27-2)13-24-19/h3-4,6-7,9-13,21H,5,8,14H2,1-2H3. The summed E-state index contributed by atoms with van der Waals surface area (Å²) in [4.78, 5) is 12.8. The van der Waals surface area contributed by atoms with Crippen molar-refractivity contribution in [2.75, 3.05) is 14.2 Å². The summed E-state index contributed by atoms with van der Waals surface area (Å²) in [7, 11) is -0.330. The van der Waals surface area contributed by atoms with Crippen LogP contribution in [0.25, 0.3) is 0 Å². The molecular weight excluding hydrogens is 392 g/mol. The highest BCUT2D eigenvalue weighted by molar-refractivity contribution is 7.88. The van der Waals surface area contributed by atoms with Crippen molar-refractivity contribution in [1.82, 2.24) is 19.7 Å². The average Bonchev–Trinajstić information content (AvgIpc) is 2.74. The second-order valence-electron chi connectivity index (χ2n) is 6.25. The summed E-state index contributed by atoms with van der Waals surface area (Å²) in [6, 6.07) is 10.7. The largest absolute Gasteiger partial charge is 0.494 e. The van der Waals surface area contributed by atoms with Gasteiger partial charge in [0.1, 0.15) is 11.6 Å². The predicted molar refractivity (Wildman–Crippen MR) is 108 cm³/mol. The van der Waals surface area contributed by atoms with Crippen LogP contribution in [0, 0.1) is 0 Å². The van der Waals surface area contributed by atoms with Gasteiger partial charge < -0.3 is 9.47 Å². The first-order valence-corrected chi connectivity index (χ1v) is 10.6. The number of rotatable bonds is 9. The van der Waals surface area contributed by atoms with Gasteiger partial charge in [-0.2, -0.15) is 0 Å². The number of pyridine rings is 1. The molecule has 0 saturated carbocycles. The molecule has 0 bridgehead atoms. The Bertz CT molecular complexity index is 1040. The number of hydrogen-bond donors (Lipinski definition) is 1. The molecule has 9 heteroatoms. The summed E-state index contributed by atoms with van der Waals surface area (Å²) < 4.78 is 36.4. The molecule has 3 rings (SSSR count). The van der Waals surface area contributed by atoms with Crippen LogP contribution in [0.4, 0.5) is 0 Å². The molecule has 0 atom stereocenters. The van der Waals surface area contributed by atoms with E-state index in [-0.39, 0.29) is 5.75 Å². The van der Waals surface area contributed by atoms with Crippen LogP contribution in [0.2, 0.25) is 0 Å². The molecule has 0 aliphatic heterocycles. The summed E-state index contributed by atoms with van der Waals surface area (Å²) in [5.74, 6) is 2.33. The summed E-state index contributed by atoms with van der Waals surface area (Å²) in [5.41, 5.74) is 1.72. The molecule has 0 amide bonds. The average molecular weight is 414 g/mol. The van der Waals surface area contributed by atoms with E-state index in [0.29, 0.717) is 29.4 Å². The SMILES string of the molecule is CNS(=O)(=O)Cc1ccc(Oc2cc(CCc3ncc(OC)cn3)ccn2)cc1. The Morgan fingerprint density at radius 3 is 2.31 bits per heavy atom. The highest BCUT2D eigenvalue weighted by atomic mass is 32.2. The van der Waals surface area contributed by atoms with Gasteiger partial charge in [-0.3, -0.25) is 0 Å². The fourth-order valence-corrected chi connectivity index (χ4v) is 3.34. The van der Waals surface area contributed by atoms with Gasteiger partial charge in [0, 0.05) is 18.7 Å². The summed E-state index contributed by atoms with van der Waals surface area (Å²) >= 11 is 0. The van der Waals surface area contributed by atoms with Crippen LogP contribution in [-0.2, 0) is 28.6 Å². The lowest BCUT2D eigenvalue weighted by molar-refractivity contribution is 0.410. The zero-order valence-corrected chi connectivity index (χ0v) is 17.0. The minimum Gasteiger partial charge on any atom is -0.494 e. The molecule has 0 spiro atoms. The zero-order chi connectivity index (χ0) is 20.7. The number of methoxy groups -OCH3 is 1. The maximum Gasteiger partial charge on any atom is 0.219 e. The van der Waals surface area contributed by atoms with E-state index >= 15 is 0 Å². The third kappa shape index (κ3) is 6.23. The molecule has 152 valence electrons. The van der Waals surface area contributed by atoms with Crippen molar-refractivity contribution in [2.24, 2.45) is 0 Å². The molecule has 0 aliphatic rings. The minimum atomic E-state index is -3.30. The molecule has 2 aromatic heterocycles. The highest BCUT2D eigenvalue weighted by Crippen LogP contribution is 2.21. The Morgan fingerprint density at radius 1 is 0.931 bits per heavy atom. The molecular formula is C20H22N4O4S. The summed E-state index contributed by atoms with van der Waals surface area (Å²) in [5, 5.41) is 0. The van der Waals surface area contributed by atoms with Gasteiger partial charge in [-0.25, -0.2) is 28.1 Å². The molecule has 1 aromatic carbocycles. The maximum atomic E-state index is 11.6. The van der Waals surface area contributed by atoms with Crippen molar-refractivity contribution in [3.63, 3.8) is 0 Å². The molecule has 0 radical (unpaired) electrons. The Kier molecular flexibility index (Phi) is 6.73. The van der Waals surface area contributed by atoms with Gasteiger partial charge in [-0.05, 0) is 42.8 Å². The second kappa shape index (κ2) is 9.44. The number of nitrogens with one attached hydrogen (secondary N) is 1. The lowest BCUT2D eigenvalue weighted by Crippen LogP contribution is -2.20. The van der Waals surface area contributed by atoms with Crippen LogP contribution in [0.3, 0.4) is 0 Å². The normalized spacial score (nSPS) is 11.2. The topological polar surface area (TPSA) is 103 Å². The quantitative estimate of drug-likeness (QED) is 0.574. The molecule has 1 N–H and O–H groups in total. The molecule has 2 heterocycles. The van der Waals surface area contributed by atoms with Crippen molar-refractivity contribution in [3.05, 3.63) is 71.9 Å². The van der Waals surface area contributed by atoms with E-state index in [1.165, 1.54) is 7.05 Å². The first-order chi connectivity index (χ1) is 14.0. The number of nitrogens with zero attached hydrogens (tertiary/aromatic N) is 3. The molecule has 3 aromatic rings. The Balaban J connectivity index is 1.60. The lowest BCUT2D eigenvalue weighted by Gasteiger charge is -2.08. The number of sulfonamides is 1. The number of aromatic nitrogens is 3. The minimum absolute atomic E-state index is 0.0784. The van der Waals surface area contributed by atoms with Gasteiger partial charge in [-0.15, -0.1) is 0 Å². The van der Waals surface area contributed by atoms with E-state index in [2.05, 4.69) is 19.7 Å². The highest BCUT2D eigenvalue weighted by Gasteiger charge is 2.09. The first kappa shape index (κ1) is 20.7. The van der Waals surface area contributed by atoms with Crippen LogP contribution in [-0.4, -0.2) is 37.5 Å². The van der Waals surface area contributed by atoms with Gasteiger partial charge >= 0.3 is 0 Å². The fraction of sp³-hybridized carbons (Fsp3) is 0.250. The van der Waals surface area contributed by atoms with Gasteiger partial charge in [0.2, 0.25) is 15.9 Å². The van der Waals surface area contributed by atoms with Crippen molar-refractivity contribution >= 4 is 10.0 Å². The van der Waals surface area contributed by atoms with Crippen LogP contribution >= 0.6 is 0 Å². The predicted octanol–water partition coefficient (Wildman–Crippen LogP) is 2.51. The Labute approximate surface area is 170 Å². The lowest BCUT2D eigenvalue weighted by atomic mass is 10.1. The second-order valence-corrected chi connectivity index (χ2v) is 8.18.